The first-order valence-electron chi connectivity index (χ1n) is 8.02. The van der Waals surface area contributed by atoms with E-state index >= 15 is 0 Å². The molecule has 0 bridgehead atoms. The summed E-state index contributed by atoms with van der Waals surface area (Å²) in [4.78, 5) is 26.9. The maximum Gasteiger partial charge on any atom is 0.246 e. The first-order valence-corrected chi connectivity index (χ1v) is 8.02. The van der Waals surface area contributed by atoms with E-state index in [4.69, 9.17) is 0 Å². The first-order chi connectivity index (χ1) is 9.41. The van der Waals surface area contributed by atoms with Crippen molar-refractivity contribution in [3.05, 3.63) is 0 Å². The Morgan fingerprint density at radius 2 is 1.85 bits per heavy atom. The van der Waals surface area contributed by atoms with Gasteiger partial charge in [0.05, 0.1) is 0 Å². The lowest BCUT2D eigenvalue weighted by atomic mass is 9.95. The number of carbonyl (C=O) groups excluding carboxylic acids is 2. The third-order valence-electron chi connectivity index (χ3n) is 4.37. The highest BCUT2D eigenvalue weighted by molar-refractivity contribution is 5.97. The van der Waals surface area contributed by atoms with Gasteiger partial charge < -0.3 is 10.2 Å². The lowest BCUT2D eigenvalue weighted by molar-refractivity contribution is -0.151. The van der Waals surface area contributed by atoms with E-state index in [1.165, 1.54) is 0 Å². The molecule has 1 saturated heterocycles. The molecule has 0 aromatic rings. The fraction of sp³-hybridized carbons (Fsp3) is 0.875. The molecule has 0 spiro atoms. The van der Waals surface area contributed by atoms with Gasteiger partial charge in [0.2, 0.25) is 11.8 Å². The van der Waals surface area contributed by atoms with E-state index in [-0.39, 0.29) is 29.8 Å². The van der Waals surface area contributed by atoms with E-state index < -0.39 is 0 Å². The number of carbonyl (C=O) groups is 2. The summed E-state index contributed by atoms with van der Waals surface area (Å²) in [5, 5.41) is 2.94. The fourth-order valence-corrected chi connectivity index (χ4v) is 3.01. The molecular weight excluding hydrogens is 252 g/mol. The molecule has 2 unspecified atom stereocenters. The second-order valence-electron chi connectivity index (χ2n) is 7.08. The molecule has 20 heavy (non-hydrogen) atoms. The van der Waals surface area contributed by atoms with Crippen LogP contribution in [0.1, 0.15) is 53.4 Å². The Hall–Kier alpha value is -1.06. The molecule has 1 heterocycles. The summed E-state index contributed by atoms with van der Waals surface area (Å²) in [5.41, 5.74) is 0. The highest BCUT2D eigenvalue weighted by atomic mass is 16.2. The summed E-state index contributed by atoms with van der Waals surface area (Å²) in [6.45, 7) is 9.11. The van der Waals surface area contributed by atoms with Crippen LogP contribution < -0.4 is 5.32 Å². The van der Waals surface area contributed by atoms with Crippen molar-refractivity contribution < 1.29 is 9.59 Å². The zero-order chi connectivity index (χ0) is 14.9. The molecule has 2 atom stereocenters. The third-order valence-corrected chi connectivity index (χ3v) is 4.37. The lowest BCUT2D eigenvalue weighted by Crippen LogP contribution is -2.65. The van der Waals surface area contributed by atoms with Gasteiger partial charge >= 0.3 is 0 Å². The summed E-state index contributed by atoms with van der Waals surface area (Å²) in [7, 11) is 0. The van der Waals surface area contributed by atoms with E-state index in [9.17, 15) is 9.59 Å². The zero-order valence-electron chi connectivity index (χ0n) is 13.2. The van der Waals surface area contributed by atoms with Crippen molar-refractivity contribution >= 4 is 11.8 Å². The van der Waals surface area contributed by atoms with Crippen LogP contribution in [0.4, 0.5) is 0 Å². The lowest BCUT2D eigenvalue weighted by Gasteiger charge is -2.40. The summed E-state index contributed by atoms with van der Waals surface area (Å²) >= 11 is 0. The molecule has 114 valence electrons. The Balaban J connectivity index is 2.07. The van der Waals surface area contributed by atoms with Crippen LogP contribution in [0.5, 0.6) is 0 Å². The molecular formula is C16H28N2O2. The average molecular weight is 280 g/mol. The molecule has 0 aromatic heterocycles. The molecule has 1 aliphatic heterocycles. The monoisotopic (exact) mass is 280 g/mol. The van der Waals surface area contributed by atoms with Gasteiger partial charge in [-0.1, -0.05) is 27.7 Å². The van der Waals surface area contributed by atoms with E-state index in [1.807, 2.05) is 18.7 Å². The largest absolute Gasteiger partial charge is 0.342 e. The number of nitrogens with one attached hydrogen (secondary N) is 1. The van der Waals surface area contributed by atoms with Gasteiger partial charge in [0.15, 0.2) is 0 Å². The number of hydrogen-bond acceptors (Lipinski definition) is 2. The van der Waals surface area contributed by atoms with Crippen molar-refractivity contribution in [2.75, 3.05) is 6.54 Å². The summed E-state index contributed by atoms with van der Waals surface area (Å²) in [6.07, 6.45) is 4.26. The maximum atomic E-state index is 12.6. The minimum atomic E-state index is -0.337. The van der Waals surface area contributed by atoms with Gasteiger partial charge in [0.1, 0.15) is 12.1 Å². The molecule has 0 aromatic carbocycles. The van der Waals surface area contributed by atoms with E-state index in [0.717, 1.165) is 32.2 Å². The molecule has 2 fully saturated rings. The number of hydrogen-bond donors (Lipinski definition) is 1. The Morgan fingerprint density at radius 3 is 2.35 bits per heavy atom. The van der Waals surface area contributed by atoms with Crippen molar-refractivity contribution in [2.24, 2.45) is 17.8 Å². The van der Waals surface area contributed by atoms with E-state index in [0.29, 0.717) is 11.8 Å². The van der Waals surface area contributed by atoms with Crippen molar-refractivity contribution in [3.8, 4) is 0 Å². The highest BCUT2D eigenvalue weighted by Crippen LogP contribution is 2.37. The zero-order valence-corrected chi connectivity index (χ0v) is 13.2. The van der Waals surface area contributed by atoms with Crippen LogP contribution in [0.15, 0.2) is 0 Å². The molecule has 4 nitrogen and oxygen atoms in total. The topological polar surface area (TPSA) is 49.4 Å². The van der Waals surface area contributed by atoms with Gasteiger partial charge in [-0.3, -0.25) is 9.59 Å². The Bertz CT molecular complexity index is 375. The van der Waals surface area contributed by atoms with Gasteiger partial charge in [-0.25, -0.2) is 0 Å². The normalized spacial score (nSPS) is 27.4. The maximum absolute atomic E-state index is 12.6. The van der Waals surface area contributed by atoms with Crippen LogP contribution >= 0.6 is 0 Å². The fourth-order valence-electron chi connectivity index (χ4n) is 3.01. The van der Waals surface area contributed by atoms with Gasteiger partial charge in [0.25, 0.3) is 0 Å². The van der Waals surface area contributed by atoms with Gasteiger partial charge in [-0.2, -0.15) is 0 Å². The van der Waals surface area contributed by atoms with Crippen molar-refractivity contribution in [1.29, 1.82) is 0 Å². The van der Waals surface area contributed by atoms with Gasteiger partial charge in [-0.15, -0.1) is 0 Å². The molecule has 1 aliphatic carbocycles. The van der Waals surface area contributed by atoms with E-state index in [1.54, 1.807) is 0 Å². The Kier molecular flexibility index (Phi) is 4.71. The molecule has 1 N–H and O–H groups in total. The minimum absolute atomic E-state index is 0.0651. The van der Waals surface area contributed by atoms with Crippen LogP contribution in [0.2, 0.25) is 0 Å². The van der Waals surface area contributed by atoms with Crippen LogP contribution in [-0.4, -0.2) is 35.3 Å². The molecule has 0 radical (unpaired) electrons. The minimum Gasteiger partial charge on any atom is -0.342 e. The van der Waals surface area contributed by atoms with Crippen molar-refractivity contribution in [1.82, 2.24) is 10.2 Å². The van der Waals surface area contributed by atoms with E-state index in [2.05, 4.69) is 19.2 Å². The van der Waals surface area contributed by atoms with Gasteiger partial charge in [0, 0.05) is 6.54 Å². The van der Waals surface area contributed by atoms with Crippen molar-refractivity contribution in [3.63, 3.8) is 0 Å². The Labute approximate surface area is 122 Å². The molecule has 2 rings (SSSR count). The first kappa shape index (κ1) is 15.3. The average Bonchev–Trinajstić information content (AvgIpc) is 3.16. The third kappa shape index (κ3) is 3.33. The van der Waals surface area contributed by atoms with Gasteiger partial charge in [-0.05, 0) is 43.4 Å². The second-order valence-corrected chi connectivity index (χ2v) is 7.08. The van der Waals surface area contributed by atoms with Crippen LogP contribution in [0.3, 0.4) is 0 Å². The smallest absolute Gasteiger partial charge is 0.246 e. The van der Waals surface area contributed by atoms with Crippen LogP contribution in [0, 0.1) is 17.8 Å². The molecule has 1 saturated carbocycles. The number of piperazine rings is 1. The van der Waals surface area contributed by atoms with Crippen molar-refractivity contribution in [2.45, 2.75) is 65.5 Å². The standard InChI is InChI=1S/C16H28N2O2/c1-10(2)6-5-9-18-14(12-7-8-12)15(19)17-13(11(3)4)16(18)20/h10-14H,5-9H2,1-4H3,(H,17,19). The predicted molar refractivity (Wildman–Crippen MR) is 79.1 cm³/mol. The quantitative estimate of drug-likeness (QED) is 0.811. The highest BCUT2D eigenvalue weighted by Gasteiger charge is 2.48. The second kappa shape index (κ2) is 6.15. The Morgan fingerprint density at radius 1 is 1.20 bits per heavy atom. The summed E-state index contributed by atoms with van der Waals surface area (Å²) in [6, 6.07) is -0.541. The molecule has 2 amide bonds. The summed E-state index contributed by atoms with van der Waals surface area (Å²) < 4.78 is 0. The van der Waals surface area contributed by atoms with Crippen LogP contribution in [-0.2, 0) is 9.59 Å². The molecule has 4 heteroatoms. The number of rotatable bonds is 6. The molecule has 2 aliphatic rings. The predicted octanol–water partition coefficient (Wildman–Crippen LogP) is 2.18. The van der Waals surface area contributed by atoms with Crippen LogP contribution in [0.25, 0.3) is 0 Å². The SMILES string of the molecule is CC(C)CCCN1C(=O)C(C(C)C)NC(=O)C1C1CC1. The number of amides is 2. The summed E-state index contributed by atoms with van der Waals surface area (Å²) in [5.74, 6) is 1.38. The number of nitrogens with zero attached hydrogens (tertiary/aromatic N) is 1.